The molecule has 61 heavy (non-hydrogen) atoms. The topological polar surface area (TPSA) is 43.6 Å². The molecule has 0 saturated heterocycles. The zero-order chi connectivity index (χ0) is 40.5. The summed E-state index contributed by atoms with van der Waals surface area (Å²) in [5.74, 6) is 1.86. The summed E-state index contributed by atoms with van der Waals surface area (Å²) in [5.41, 5.74) is 15.4. The van der Waals surface area contributed by atoms with Crippen LogP contribution in [0.2, 0.25) is 0 Å². The lowest BCUT2D eigenvalue weighted by molar-refractivity contribution is 1.04. The van der Waals surface area contributed by atoms with Gasteiger partial charge >= 0.3 is 0 Å². The molecule has 0 unspecified atom stereocenters. The van der Waals surface area contributed by atoms with E-state index in [1.165, 1.54) is 27.5 Å². The van der Waals surface area contributed by atoms with E-state index in [0.717, 1.165) is 74.1 Å². The molecule has 11 rings (SSSR count). The highest BCUT2D eigenvalue weighted by Gasteiger charge is 2.23. The first-order chi connectivity index (χ1) is 30.2. The van der Waals surface area contributed by atoms with Crippen molar-refractivity contribution in [3.05, 3.63) is 224 Å². The van der Waals surface area contributed by atoms with Crippen LogP contribution >= 0.6 is 0 Å². The molecule has 0 aliphatic heterocycles. The standard InChI is InChI=1S/C57H40N4/c1-5-17-39(18-6-1)41-29-33-45(34-30-41)55-58-56(46-35-31-42(32-36-46)40-19-7-2-8-20-40)60-57(59-55)47-37-50(43-21-9-3-10-22-43)54(51(38-47)44-23-11-4-12-24-44)61-52-27-15-13-25-48(52)49-26-14-16-28-53(49)61/h1-3,5-11,13-38H,4,12H2. The van der Waals surface area contributed by atoms with Crippen molar-refractivity contribution in [3.63, 3.8) is 0 Å². The molecule has 4 nitrogen and oxygen atoms in total. The van der Waals surface area contributed by atoms with Crippen LogP contribution in [0.4, 0.5) is 0 Å². The normalized spacial score (nSPS) is 12.5. The highest BCUT2D eigenvalue weighted by molar-refractivity contribution is 6.10. The molecule has 10 aromatic rings. The first kappa shape index (κ1) is 36.2. The molecule has 8 aromatic carbocycles. The Balaban J connectivity index is 1.16. The quantitative estimate of drug-likeness (QED) is 0.154. The van der Waals surface area contributed by atoms with Gasteiger partial charge in [0.05, 0.1) is 16.7 Å². The summed E-state index contributed by atoms with van der Waals surface area (Å²) < 4.78 is 2.46. The maximum atomic E-state index is 5.31. The Kier molecular flexibility index (Phi) is 9.29. The first-order valence-corrected chi connectivity index (χ1v) is 20.9. The van der Waals surface area contributed by atoms with E-state index >= 15 is 0 Å². The second kappa shape index (κ2) is 15.7. The number of rotatable bonds is 8. The zero-order valence-electron chi connectivity index (χ0n) is 33.5. The van der Waals surface area contributed by atoms with Crippen molar-refractivity contribution >= 4 is 27.4 Å². The number of para-hydroxylation sites is 2. The van der Waals surface area contributed by atoms with Crippen LogP contribution in [0, 0.1) is 0 Å². The number of fused-ring (bicyclic) bond motifs is 3. The van der Waals surface area contributed by atoms with Crippen LogP contribution in [0.5, 0.6) is 0 Å². The smallest absolute Gasteiger partial charge is 0.164 e. The minimum absolute atomic E-state index is 0.617. The van der Waals surface area contributed by atoms with E-state index in [2.05, 4.69) is 211 Å². The van der Waals surface area contributed by atoms with Gasteiger partial charge in [0.25, 0.3) is 0 Å². The largest absolute Gasteiger partial charge is 0.308 e. The van der Waals surface area contributed by atoms with Crippen molar-refractivity contribution < 1.29 is 0 Å². The van der Waals surface area contributed by atoms with Crippen LogP contribution in [0.3, 0.4) is 0 Å². The Labute approximate surface area is 355 Å². The molecular weight excluding hydrogens is 741 g/mol. The second-order valence-electron chi connectivity index (χ2n) is 15.5. The Bertz CT molecular complexity index is 3100. The van der Waals surface area contributed by atoms with Crippen LogP contribution in [0.25, 0.3) is 101 Å². The number of nitrogens with zero attached hydrogens (tertiary/aromatic N) is 4. The Morgan fingerprint density at radius 3 is 1.25 bits per heavy atom. The SMILES string of the molecule is C1=CC(c2cc(-c3nc(-c4ccc(-c5ccccc5)cc4)nc(-c4ccc(-c5ccccc5)cc4)n3)cc(-c3ccccc3)c2-n2c3ccccc3c3ccccc32)=CCC1. The second-order valence-corrected chi connectivity index (χ2v) is 15.5. The molecular formula is C57H40N4. The molecule has 0 amide bonds. The molecule has 288 valence electrons. The van der Waals surface area contributed by atoms with E-state index in [9.17, 15) is 0 Å². The minimum atomic E-state index is 0.617. The van der Waals surface area contributed by atoms with Gasteiger partial charge in [0.15, 0.2) is 17.5 Å². The van der Waals surface area contributed by atoms with Gasteiger partial charge in [0.2, 0.25) is 0 Å². The Morgan fingerprint density at radius 1 is 0.344 bits per heavy atom. The molecule has 0 radical (unpaired) electrons. The molecule has 2 aromatic heterocycles. The maximum absolute atomic E-state index is 5.31. The lowest BCUT2D eigenvalue weighted by Crippen LogP contribution is -2.05. The van der Waals surface area contributed by atoms with Crippen molar-refractivity contribution in [1.29, 1.82) is 0 Å². The molecule has 0 atom stereocenters. The summed E-state index contributed by atoms with van der Waals surface area (Å²) in [6.07, 6.45) is 8.93. The average molecular weight is 781 g/mol. The molecule has 0 saturated carbocycles. The van der Waals surface area contributed by atoms with E-state index in [4.69, 9.17) is 15.0 Å². The lowest BCUT2D eigenvalue weighted by atomic mass is 9.90. The number of allylic oxidation sites excluding steroid dienone is 4. The van der Waals surface area contributed by atoms with E-state index in [1.807, 2.05) is 12.1 Å². The number of aromatic nitrogens is 4. The third-order valence-electron chi connectivity index (χ3n) is 11.7. The van der Waals surface area contributed by atoms with Gasteiger partial charge in [-0.1, -0.05) is 194 Å². The fourth-order valence-corrected chi connectivity index (χ4v) is 8.69. The highest BCUT2D eigenvalue weighted by Crippen LogP contribution is 2.43. The van der Waals surface area contributed by atoms with Crippen LogP contribution in [0.15, 0.2) is 218 Å². The third-order valence-corrected chi connectivity index (χ3v) is 11.7. The van der Waals surface area contributed by atoms with Gasteiger partial charge in [-0.2, -0.15) is 0 Å². The first-order valence-electron chi connectivity index (χ1n) is 20.9. The number of hydrogen-bond acceptors (Lipinski definition) is 3. The van der Waals surface area contributed by atoms with Crippen LogP contribution in [0.1, 0.15) is 18.4 Å². The maximum Gasteiger partial charge on any atom is 0.164 e. The van der Waals surface area contributed by atoms with Gasteiger partial charge in [-0.25, -0.2) is 15.0 Å². The van der Waals surface area contributed by atoms with Crippen LogP contribution in [-0.4, -0.2) is 19.5 Å². The van der Waals surface area contributed by atoms with E-state index in [1.54, 1.807) is 0 Å². The summed E-state index contributed by atoms with van der Waals surface area (Å²) in [4.78, 5) is 15.8. The van der Waals surface area contributed by atoms with Crippen LogP contribution in [-0.2, 0) is 0 Å². The minimum Gasteiger partial charge on any atom is -0.308 e. The molecule has 4 heteroatoms. The summed E-state index contributed by atoms with van der Waals surface area (Å²) in [6, 6.07) is 70.8. The summed E-state index contributed by atoms with van der Waals surface area (Å²) in [7, 11) is 0. The van der Waals surface area contributed by atoms with Gasteiger partial charge in [-0.15, -0.1) is 0 Å². The van der Waals surface area contributed by atoms with E-state index < -0.39 is 0 Å². The monoisotopic (exact) mass is 780 g/mol. The summed E-state index contributed by atoms with van der Waals surface area (Å²) in [6.45, 7) is 0. The summed E-state index contributed by atoms with van der Waals surface area (Å²) >= 11 is 0. The van der Waals surface area contributed by atoms with Gasteiger partial charge < -0.3 is 4.57 Å². The predicted octanol–water partition coefficient (Wildman–Crippen LogP) is 14.7. The number of benzene rings is 8. The Hall–Kier alpha value is -7.95. The van der Waals surface area contributed by atoms with Crippen molar-refractivity contribution in [2.45, 2.75) is 12.8 Å². The predicted molar refractivity (Wildman–Crippen MR) is 253 cm³/mol. The number of hydrogen-bond donors (Lipinski definition) is 0. The van der Waals surface area contributed by atoms with E-state index in [-0.39, 0.29) is 0 Å². The molecule has 2 heterocycles. The van der Waals surface area contributed by atoms with Gasteiger partial charge in [0, 0.05) is 38.6 Å². The third kappa shape index (κ3) is 6.84. The molecule has 0 fully saturated rings. The molecule has 1 aliphatic carbocycles. The van der Waals surface area contributed by atoms with Crippen molar-refractivity contribution in [3.8, 4) is 73.2 Å². The molecule has 0 spiro atoms. The molecule has 0 bridgehead atoms. The average Bonchev–Trinajstić information content (AvgIpc) is 3.68. The zero-order valence-corrected chi connectivity index (χ0v) is 33.5. The molecule has 1 aliphatic rings. The van der Waals surface area contributed by atoms with Crippen molar-refractivity contribution in [2.24, 2.45) is 0 Å². The fraction of sp³-hybridized carbons (Fsp3) is 0.0351. The van der Waals surface area contributed by atoms with Gasteiger partial charge in [0.1, 0.15) is 0 Å². The lowest BCUT2D eigenvalue weighted by Gasteiger charge is -2.22. The van der Waals surface area contributed by atoms with Gasteiger partial charge in [-0.05, 0) is 70.5 Å². The van der Waals surface area contributed by atoms with Gasteiger partial charge in [-0.3, -0.25) is 0 Å². The fourth-order valence-electron chi connectivity index (χ4n) is 8.69. The van der Waals surface area contributed by atoms with Crippen molar-refractivity contribution in [2.75, 3.05) is 0 Å². The Morgan fingerprint density at radius 2 is 0.754 bits per heavy atom. The van der Waals surface area contributed by atoms with Crippen LogP contribution < -0.4 is 0 Å². The van der Waals surface area contributed by atoms with E-state index in [0.29, 0.717) is 17.5 Å². The molecule has 0 N–H and O–H groups in total. The van der Waals surface area contributed by atoms with Crippen molar-refractivity contribution in [1.82, 2.24) is 19.5 Å². The summed E-state index contributed by atoms with van der Waals surface area (Å²) in [5, 5.41) is 2.45. The highest BCUT2D eigenvalue weighted by atomic mass is 15.0.